The lowest BCUT2D eigenvalue weighted by molar-refractivity contribution is -0.133. The Hall–Kier alpha value is -2.55. The Morgan fingerprint density at radius 3 is 2.26 bits per heavy atom. The molecular formula is C27H34FN3O3S. The van der Waals surface area contributed by atoms with Crippen LogP contribution in [0.4, 0.5) is 4.39 Å². The van der Waals surface area contributed by atoms with Crippen molar-refractivity contribution in [2.45, 2.75) is 43.0 Å². The van der Waals surface area contributed by atoms with E-state index in [1.54, 1.807) is 4.90 Å². The monoisotopic (exact) mass is 499 g/mol. The highest BCUT2D eigenvalue weighted by atomic mass is 32.2. The second kappa shape index (κ2) is 11.9. The molecule has 0 radical (unpaired) electrons. The van der Waals surface area contributed by atoms with E-state index in [0.29, 0.717) is 13.1 Å². The molecule has 1 amide bonds. The minimum absolute atomic E-state index is 0.0345. The lowest BCUT2D eigenvalue weighted by atomic mass is 9.95. The largest absolute Gasteiger partial charge is 0.339 e. The summed E-state index contributed by atoms with van der Waals surface area (Å²) in [5.74, 6) is -0.651. The fourth-order valence-electron chi connectivity index (χ4n) is 4.84. The number of hydrogen-bond donors (Lipinski definition) is 0. The molecule has 1 saturated carbocycles. The topological polar surface area (TPSA) is 60.9 Å². The highest BCUT2D eigenvalue weighted by Gasteiger charge is 2.35. The maximum atomic E-state index is 13.5. The van der Waals surface area contributed by atoms with Crippen molar-refractivity contribution in [2.75, 3.05) is 39.3 Å². The van der Waals surface area contributed by atoms with E-state index in [4.69, 9.17) is 0 Å². The van der Waals surface area contributed by atoms with Crippen LogP contribution in [-0.2, 0) is 14.8 Å². The van der Waals surface area contributed by atoms with Crippen LogP contribution in [0.5, 0.6) is 0 Å². The predicted molar refractivity (Wildman–Crippen MR) is 136 cm³/mol. The number of piperazine rings is 1. The molecule has 2 aromatic rings. The van der Waals surface area contributed by atoms with Gasteiger partial charge in [-0.3, -0.25) is 9.69 Å². The molecule has 2 aromatic carbocycles. The number of hydrogen-bond acceptors (Lipinski definition) is 4. The minimum atomic E-state index is -3.90. The van der Waals surface area contributed by atoms with Gasteiger partial charge in [0.15, 0.2) is 0 Å². The minimum Gasteiger partial charge on any atom is -0.339 e. The molecule has 2 aliphatic rings. The van der Waals surface area contributed by atoms with Crippen molar-refractivity contribution in [1.29, 1.82) is 0 Å². The molecule has 0 bridgehead atoms. The first-order valence-corrected chi connectivity index (χ1v) is 13.9. The molecule has 1 aliphatic carbocycles. The van der Waals surface area contributed by atoms with Crippen LogP contribution in [0.25, 0.3) is 6.08 Å². The number of benzene rings is 2. The molecule has 6 nitrogen and oxygen atoms in total. The second-order valence-corrected chi connectivity index (χ2v) is 11.2. The summed E-state index contributed by atoms with van der Waals surface area (Å²) in [7, 11) is -3.90. The number of carbonyl (C=O) groups is 1. The summed E-state index contributed by atoms with van der Waals surface area (Å²) in [6, 6.07) is 14.8. The molecule has 1 saturated heterocycles. The van der Waals surface area contributed by atoms with Crippen molar-refractivity contribution in [1.82, 2.24) is 14.1 Å². The average molecular weight is 500 g/mol. The molecule has 0 aromatic heterocycles. The van der Waals surface area contributed by atoms with E-state index in [1.807, 2.05) is 18.2 Å². The van der Waals surface area contributed by atoms with Crippen LogP contribution in [0.3, 0.4) is 0 Å². The molecular weight excluding hydrogens is 465 g/mol. The third kappa shape index (κ3) is 6.78. The molecule has 188 valence electrons. The standard InChI is InChI=1S/C27H34FN3O3S/c28-24-13-15-26(16-14-24)35(33,34)31(25-11-5-2-6-12-25)22-27(32)30-20-18-29(19-21-30)17-7-10-23-8-3-1-4-9-23/h1,3-4,7-10,13-16,25H,2,5-6,11-12,17-22H2/b10-7+. The SMILES string of the molecule is O=C(CN(C1CCCCC1)S(=O)(=O)c1ccc(F)cc1)N1CCN(C/C=C/c2ccccc2)CC1. The zero-order valence-electron chi connectivity index (χ0n) is 20.1. The zero-order chi connectivity index (χ0) is 24.7. The van der Waals surface area contributed by atoms with Crippen LogP contribution in [0.15, 0.2) is 65.6 Å². The normalized spacial score (nSPS) is 18.4. The molecule has 35 heavy (non-hydrogen) atoms. The van der Waals surface area contributed by atoms with Crippen LogP contribution in [-0.4, -0.2) is 73.7 Å². The molecule has 0 spiro atoms. The van der Waals surface area contributed by atoms with Crippen LogP contribution in [0, 0.1) is 5.82 Å². The van der Waals surface area contributed by atoms with Gasteiger partial charge >= 0.3 is 0 Å². The molecule has 2 fully saturated rings. The molecule has 0 N–H and O–H groups in total. The van der Waals surface area contributed by atoms with Crippen LogP contribution < -0.4 is 0 Å². The first-order valence-electron chi connectivity index (χ1n) is 12.4. The Kier molecular flexibility index (Phi) is 8.70. The van der Waals surface area contributed by atoms with Crippen LogP contribution in [0.1, 0.15) is 37.7 Å². The zero-order valence-corrected chi connectivity index (χ0v) is 20.9. The van der Waals surface area contributed by atoms with Crippen molar-refractivity contribution in [3.8, 4) is 0 Å². The molecule has 0 atom stereocenters. The summed E-state index contributed by atoms with van der Waals surface area (Å²) in [5, 5.41) is 0. The quantitative estimate of drug-likeness (QED) is 0.551. The molecule has 1 heterocycles. The van der Waals surface area contributed by atoms with Gasteiger partial charge in [-0.25, -0.2) is 12.8 Å². The molecule has 8 heteroatoms. The third-order valence-corrected chi connectivity index (χ3v) is 8.80. The Bertz CT molecular complexity index is 1090. The first-order chi connectivity index (χ1) is 16.9. The highest BCUT2D eigenvalue weighted by molar-refractivity contribution is 7.89. The average Bonchev–Trinajstić information content (AvgIpc) is 2.89. The van der Waals surface area contributed by atoms with Gasteiger partial charge in [0.2, 0.25) is 15.9 Å². The van der Waals surface area contributed by atoms with E-state index < -0.39 is 15.8 Å². The summed E-state index contributed by atoms with van der Waals surface area (Å²) >= 11 is 0. The van der Waals surface area contributed by atoms with Gasteiger partial charge < -0.3 is 4.90 Å². The smallest absolute Gasteiger partial charge is 0.243 e. The summed E-state index contributed by atoms with van der Waals surface area (Å²) in [5.41, 5.74) is 1.16. The lowest BCUT2D eigenvalue weighted by Gasteiger charge is -2.37. The van der Waals surface area contributed by atoms with Gasteiger partial charge in [-0.2, -0.15) is 4.31 Å². The highest BCUT2D eigenvalue weighted by Crippen LogP contribution is 2.28. The van der Waals surface area contributed by atoms with Gasteiger partial charge in [-0.1, -0.05) is 61.7 Å². The summed E-state index contributed by atoms with van der Waals surface area (Å²) < 4.78 is 41.7. The van der Waals surface area contributed by atoms with Crippen molar-refractivity contribution in [3.05, 3.63) is 72.1 Å². The van der Waals surface area contributed by atoms with E-state index in [1.165, 1.54) is 16.4 Å². The van der Waals surface area contributed by atoms with Gasteiger partial charge in [0.05, 0.1) is 11.4 Å². The number of nitrogens with zero attached hydrogens (tertiary/aromatic N) is 3. The van der Waals surface area contributed by atoms with E-state index >= 15 is 0 Å². The van der Waals surface area contributed by atoms with Gasteiger partial charge in [0.1, 0.15) is 5.82 Å². The fraction of sp³-hybridized carbons (Fsp3) is 0.444. The van der Waals surface area contributed by atoms with E-state index in [9.17, 15) is 17.6 Å². The van der Waals surface area contributed by atoms with Gasteiger partial charge in [-0.05, 0) is 42.7 Å². The van der Waals surface area contributed by atoms with Crippen molar-refractivity contribution in [3.63, 3.8) is 0 Å². The third-order valence-electron chi connectivity index (χ3n) is 6.89. The van der Waals surface area contributed by atoms with E-state index in [0.717, 1.165) is 69.4 Å². The Balaban J connectivity index is 1.37. The molecule has 4 rings (SSSR count). The van der Waals surface area contributed by atoms with E-state index in [-0.39, 0.29) is 23.4 Å². The number of rotatable bonds is 8. The number of amides is 1. The number of halogens is 1. The summed E-state index contributed by atoms with van der Waals surface area (Å²) in [6.45, 7) is 3.29. The Morgan fingerprint density at radius 1 is 0.943 bits per heavy atom. The van der Waals surface area contributed by atoms with Crippen LogP contribution in [0.2, 0.25) is 0 Å². The van der Waals surface area contributed by atoms with Gasteiger partial charge in [-0.15, -0.1) is 0 Å². The summed E-state index contributed by atoms with van der Waals surface area (Å²) in [4.78, 5) is 17.3. The molecule has 1 aliphatic heterocycles. The van der Waals surface area contributed by atoms with Crippen molar-refractivity contribution < 1.29 is 17.6 Å². The maximum Gasteiger partial charge on any atom is 0.243 e. The summed E-state index contributed by atoms with van der Waals surface area (Å²) in [6.07, 6.45) is 8.69. The predicted octanol–water partition coefficient (Wildman–Crippen LogP) is 4.01. The second-order valence-electron chi connectivity index (χ2n) is 9.29. The fourth-order valence-corrected chi connectivity index (χ4v) is 6.47. The van der Waals surface area contributed by atoms with Crippen molar-refractivity contribution >= 4 is 22.0 Å². The van der Waals surface area contributed by atoms with Gasteiger partial charge in [0.25, 0.3) is 0 Å². The first kappa shape index (κ1) is 25.5. The lowest BCUT2D eigenvalue weighted by Crippen LogP contribution is -2.53. The van der Waals surface area contributed by atoms with Crippen molar-refractivity contribution in [2.24, 2.45) is 0 Å². The van der Waals surface area contributed by atoms with Gasteiger partial charge in [0, 0.05) is 38.8 Å². The van der Waals surface area contributed by atoms with E-state index in [2.05, 4.69) is 29.2 Å². The Labute approximate surface area is 208 Å². The Morgan fingerprint density at radius 2 is 1.60 bits per heavy atom. The maximum absolute atomic E-state index is 13.5. The molecule has 0 unspecified atom stereocenters. The number of sulfonamides is 1. The van der Waals surface area contributed by atoms with Crippen LogP contribution >= 0.6 is 0 Å². The number of carbonyl (C=O) groups excluding carboxylic acids is 1.